The number of hydrogen-bond acceptors (Lipinski definition) is 5. The molecule has 7 nitrogen and oxygen atoms in total. The highest BCUT2D eigenvalue weighted by Crippen LogP contribution is 2.26. The van der Waals surface area contributed by atoms with Crippen molar-refractivity contribution in [2.75, 3.05) is 19.0 Å². The van der Waals surface area contributed by atoms with Crippen LogP contribution in [0.4, 0.5) is 11.4 Å². The number of benzene rings is 2. The Balaban J connectivity index is 1.91. The van der Waals surface area contributed by atoms with Crippen LogP contribution in [0.15, 0.2) is 53.2 Å². The molecule has 1 N–H and O–H groups in total. The van der Waals surface area contributed by atoms with E-state index in [1.165, 1.54) is 12.1 Å². The minimum absolute atomic E-state index is 0.0282. The molecule has 3 rings (SSSR count). The van der Waals surface area contributed by atoms with Gasteiger partial charge in [-0.05, 0) is 35.9 Å². The molecular weight excluding hydrogens is 356 g/mol. The summed E-state index contributed by atoms with van der Waals surface area (Å²) in [7, 11) is 3.89. The molecule has 0 unspecified atom stereocenters. The number of nitrogens with one attached hydrogen (secondary N) is 1. The third-order valence-electron chi connectivity index (χ3n) is 3.83. The Bertz CT molecular complexity index is 949. The van der Waals surface area contributed by atoms with Crippen molar-refractivity contribution >= 4 is 40.8 Å². The van der Waals surface area contributed by atoms with E-state index in [-0.39, 0.29) is 28.1 Å². The van der Waals surface area contributed by atoms with E-state index in [0.717, 1.165) is 11.3 Å². The second-order valence-corrected chi connectivity index (χ2v) is 6.26. The Morgan fingerprint density at radius 1 is 1.19 bits per heavy atom. The number of anilines is 1. The Morgan fingerprint density at radius 3 is 2.50 bits per heavy atom. The topological polar surface area (TPSA) is 87.8 Å². The van der Waals surface area contributed by atoms with Gasteiger partial charge in [0.05, 0.1) is 4.92 Å². The van der Waals surface area contributed by atoms with Gasteiger partial charge in [0.2, 0.25) is 0 Å². The number of aliphatic imine (C=N–C) groups is 1. The Labute approximate surface area is 154 Å². The number of carbonyl (C=O) groups is 1. The van der Waals surface area contributed by atoms with Crippen molar-refractivity contribution in [1.29, 1.82) is 0 Å². The van der Waals surface area contributed by atoms with Crippen LogP contribution in [-0.2, 0) is 4.79 Å². The minimum atomic E-state index is -0.577. The smallest absolute Gasteiger partial charge is 0.288 e. The fourth-order valence-corrected chi connectivity index (χ4v) is 2.62. The summed E-state index contributed by atoms with van der Waals surface area (Å²) < 4.78 is 0. The van der Waals surface area contributed by atoms with Crippen LogP contribution >= 0.6 is 11.6 Å². The average Bonchev–Trinajstić information content (AvgIpc) is 2.96. The molecule has 2 aromatic rings. The summed E-state index contributed by atoms with van der Waals surface area (Å²) in [6.07, 6.45) is 1.66. The first-order valence-corrected chi connectivity index (χ1v) is 8.06. The van der Waals surface area contributed by atoms with Crippen LogP contribution < -0.4 is 10.2 Å². The summed E-state index contributed by atoms with van der Waals surface area (Å²) in [5, 5.41) is 13.7. The second kappa shape index (κ2) is 6.97. The third-order valence-corrected chi connectivity index (χ3v) is 4.15. The molecule has 26 heavy (non-hydrogen) atoms. The maximum atomic E-state index is 12.2. The monoisotopic (exact) mass is 370 g/mol. The van der Waals surface area contributed by atoms with E-state index in [1.807, 2.05) is 43.3 Å². The lowest BCUT2D eigenvalue weighted by Gasteiger charge is -2.11. The van der Waals surface area contributed by atoms with E-state index in [9.17, 15) is 14.9 Å². The molecule has 1 heterocycles. The summed E-state index contributed by atoms with van der Waals surface area (Å²) in [6, 6.07) is 11.9. The molecule has 0 fully saturated rings. The van der Waals surface area contributed by atoms with Crippen LogP contribution in [-0.4, -0.2) is 30.8 Å². The van der Waals surface area contributed by atoms with Gasteiger partial charge in [-0.2, -0.15) is 0 Å². The van der Waals surface area contributed by atoms with Crippen molar-refractivity contribution in [3.63, 3.8) is 0 Å². The van der Waals surface area contributed by atoms with Gasteiger partial charge in [0.15, 0.2) is 0 Å². The highest BCUT2D eigenvalue weighted by molar-refractivity contribution is 6.33. The van der Waals surface area contributed by atoms with Gasteiger partial charge >= 0.3 is 0 Å². The molecule has 0 bridgehead atoms. The fraction of sp³-hybridized carbons (Fsp3) is 0.111. The van der Waals surface area contributed by atoms with Crippen LogP contribution in [0, 0.1) is 10.1 Å². The molecule has 1 amide bonds. The van der Waals surface area contributed by atoms with Crippen molar-refractivity contribution in [3.05, 3.63) is 74.4 Å². The largest absolute Gasteiger partial charge is 0.378 e. The van der Waals surface area contributed by atoms with Gasteiger partial charge in [0.1, 0.15) is 16.6 Å². The van der Waals surface area contributed by atoms with E-state index >= 15 is 0 Å². The highest BCUT2D eigenvalue weighted by Gasteiger charge is 2.23. The summed E-state index contributed by atoms with van der Waals surface area (Å²) in [6.45, 7) is 0. The van der Waals surface area contributed by atoms with E-state index < -0.39 is 4.92 Å². The predicted molar refractivity (Wildman–Crippen MR) is 102 cm³/mol. The minimum Gasteiger partial charge on any atom is -0.378 e. The maximum absolute atomic E-state index is 12.2. The lowest BCUT2D eigenvalue weighted by molar-refractivity contribution is -0.384. The van der Waals surface area contributed by atoms with Gasteiger partial charge in [0.25, 0.3) is 11.6 Å². The van der Waals surface area contributed by atoms with Crippen molar-refractivity contribution in [2.24, 2.45) is 4.99 Å². The summed E-state index contributed by atoms with van der Waals surface area (Å²) in [5.74, 6) is -0.111. The molecule has 0 radical (unpaired) electrons. The van der Waals surface area contributed by atoms with Gasteiger partial charge in [-0.15, -0.1) is 0 Å². The van der Waals surface area contributed by atoms with E-state index in [0.29, 0.717) is 5.56 Å². The van der Waals surface area contributed by atoms with Crippen molar-refractivity contribution in [1.82, 2.24) is 5.32 Å². The summed E-state index contributed by atoms with van der Waals surface area (Å²) >= 11 is 5.81. The number of nitro groups is 1. The predicted octanol–water partition coefficient (Wildman–Crippen LogP) is 3.23. The molecule has 132 valence electrons. The molecule has 0 spiro atoms. The SMILES string of the molecule is CN(C)c1ccc(C=C2N=C(c3ccc(Cl)c([N+](=O)[O-])c3)NC2=O)cc1. The van der Waals surface area contributed by atoms with Gasteiger partial charge in [0, 0.05) is 31.4 Å². The first kappa shape index (κ1) is 17.6. The lowest BCUT2D eigenvalue weighted by atomic mass is 10.1. The summed E-state index contributed by atoms with van der Waals surface area (Å²) in [5.41, 5.74) is 2.28. The summed E-state index contributed by atoms with van der Waals surface area (Å²) in [4.78, 5) is 28.8. The molecule has 1 aliphatic heterocycles. The Hall–Kier alpha value is -3.19. The zero-order valence-electron chi connectivity index (χ0n) is 14.1. The highest BCUT2D eigenvalue weighted by atomic mass is 35.5. The van der Waals surface area contributed by atoms with Crippen molar-refractivity contribution in [2.45, 2.75) is 0 Å². The first-order valence-electron chi connectivity index (χ1n) is 7.68. The van der Waals surface area contributed by atoms with Gasteiger partial charge in [-0.1, -0.05) is 23.7 Å². The number of halogens is 1. The molecule has 1 aliphatic rings. The van der Waals surface area contributed by atoms with Gasteiger partial charge < -0.3 is 10.2 Å². The molecule has 0 saturated heterocycles. The van der Waals surface area contributed by atoms with E-state index in [1.54, 1.807) is 12.1 Å². The number of amides is 1. The molecule has 0 atom stereocenters. The van der Waals surface area contributed by atoms with Crippen LogP contribution in [0.5, 0.6) is 0 Å². The number of nitro benzene ring substituents is 1. The Kier molecular flexibility index (Phi) is 4.73. The number of nitrogens with zero attached hydrogens (tertiary/aromatic N) is 3. The molecule has 0 aromatic heterocycles. The van der Waals surface area contributed by atoms with Gasteiger partial charge in [-0.3, -0.25) is 14.9 Å². The van der Waals surface area contributed by atoms with Crippen LogP contribution in [0.2, 0.25) is 5.02 Å². The molecule has 0 saturated carbocycles. The second-order valence-electron chi connectivity index (χ2n) is 5.85. The third kappa shape index (κ3) is 3.57. The number of rotatable bonds is 4. The zero-order chi connectivity index (χ0) is 18.8. The molecule has 2 aromatic carbocycles. The van der Waals surface area contributed by atoms with E-state index in [2.05, 4.69) is 10.3 Å². The zero-order valence-corrected chi connectivity index (χ0v) is 14.8. The number of carbonyl (C=O) groups excluding carboxylic acids is 1. The lowest BCUT2D eigenvalue weighted by Crippen LogP contribution is -2.24. The average molecular weight is 371 g/mol. The normalized spacial score (nSPS) is 15.0. The first-order chi connectivity index (χ1) is 12.3. The van der Waals surface area contributed by atoms with Crippen molar-refractivity contribution < 1.29 is 9.72 Å². The maximum Gasteiger partial charge on any atom is 0.288 e. The van der Waals surface area contributed by atoms with E-state index in [4.69, 9.17) is 11.6 Å². The van der Waals surface area contributed by atoms with Gasteiger partial charge in [-0.25, -0.2) is 4.99 Å². The molecule has 8 heteroatoms. The fourth-order valence-electron chi connectivity index (χ4n) is 2.43. The van der Waals surface area contributed by atoms with Crippen molar-refractivity contribution in [3.8, 4) is 0 Å². The molecular formula is C18H15ClN4O3. The van der Waals surface area contributed by atoms with Crippen LogP contribution in [0.3, 0.4) is 0 Å². The standard InChI is InChI=1S/C18H15ClN4O3/c1-22(2)13-6-3-11(4-7-13)9-15-18(24)21-17(20-15)12-5-8-14(19)16(10-12)23(25)26/h3-10H,1-2H3,(H,20,21,24). The van der Waals surface area contributed by atoms with Crippen LogP contribution in [0.25, 0.3) is 6.08 Å². The Morgan fingerprint density at radius 2 is 1.88 bits per heavy atom. The van der Waals surface area contributed by atoms with Crippen LogP contribution in [0.1, 0.15) is 11.1 Å². The molecule has 0 aliphatic carbocycles. The quantitative estimate of drug-likeness (QED) is 0.508. The number of amidine groups is 1. The number of hydrogen-bond donors (Lipinski definition) is 1.